The summed E-state index contributed by atoms with van der Waals surface area (Å²) in [6, 6.07) is 5.46. The second-order valence-corrected chi connectivity index (χ2v) is 3.32. The molecule has 0 saturated carbocycles. The molecule has 3 N–H and O–H groups in total. The molecule has 1 aromatic heterocycles. The third-order valence-electron chi connectivity index (χ3n) is 2.10. The average Bonchev–Trinajstić information content (AvgIpc) is 2.41. The zero-order valence-corrected chi connectivity index (χ0v) is 9.41. The monoisotopic (exact) mass is 265 g/mol. The minimum atomic E-state index is -0.740. The van der Waals surface area contributed by atoms with Gasteiger partial charge >= 0.3 is 11.6 Å². The van der Waals surface area contributed by atoms with Crippen LogP contribution in [-0.4, -0.2) is 14.9 Å². The highest BCUT2D eigenvalue weighted by atomic mass is 19.1. The fourth-order valence-electron chi connectivity index (χ4n) is 1.26. The molecule has 0 aliphatic rings. The van der Waals surface area contributed by atoms with E-state index in [1.165, 1.54) is 18.2 Å². The van der Waals surface area contributed by atoms with Gasteiger partial charge in [-0.1, -0.05) is 12.1 Å². The second kappa shape index (κ2) is 5.23. The standard InChI is InChI=1S/C10H8FN5O3/c11-6-3-1-2-4-8(6)19-9-7(16(17)18)5-13-10(14-9)15-12/h1-5H,12H2,(H,13,14,15). The van der Waals surface area contributed by atoms with Gasteiger partial charge in [0.2, 0.25) is 5.95 Å². The van der Waals surface area contributed by atoms with E-state index in [-0.39, 0.29) is 11.7 Å². The first-order valence-corrected chi connectivity index (χ1v) is 5.02. The molecule has 2 aromatic rings. The molecule has 0 aliphatic heterocycles. The van der Waals surface area contributed by atoms with Crippen LogP contribution in [0, 0.1) is 15.9 Å². The van der Waals surface area contributed by atoms with Gasteiger partial charge in [0, 0.05) is 0 Å². The number of nitrogens with zero attached hydrogens (tertiary/aromatic N) is 3. The van der Waals surface area contributed by atoms with Gasteiger partial charge in [-0.2, -0.15) is 4.98 Å². The third kappa shape index (κ3) is 2.72. The minimum absolute atomic E-state index is 0.0862. The van der Waals surface area contributed by atoms with Gasteiger partial charge in [-0.3, -0.25) is 15.5 Å². The lowest BCUT2D eigenvalue weighted by molar-refractivity contribution is -0.386. The Morgan fingerprint density at radius 1 is 1.42 bits per heavy atom. The van der Waals surface area contributed by atoms with Gasteiger partial charge in [0.25, 0.3) is 0 Å². The molecule has 0 radical (unpaired) electrons. The molecule has 98 valence electrons. The van der Waals surface area contributed by atoms with Gasteiger partial charge in [0.15, 0.2) is 11.6 Å². The molecule has 1 aromatic carbocycles. The molecule has 8 nitrogen and oxygen atoms in total. The van der Waals surface area contributed by atoms with Crippen molar-refractivity contribution in [3.8, 4) is 11.6 Å². The van der Waals surface area contributed by atoms with Crippen LogP contribution in [0.2, 0.25) is 0 Å². The van der Waals surface area contributed by atoms with Crippen LogP contribution in [0.15, 0.2) is 30.5 Å². The van der Waals surface area contributed by atoms with Crippen LogP contribution in [-0.2, 0) is 0 Å². The molecule has 0 saturated heterocycles. The Morgan fingerprint density at radius 2 is 2.16 bits per heavy atom. The molecule has 0 spiro atoms. The van der Waals surface area contributed by atoms with Crippen LogP contribution >= 0.6 is 0 Å². The molecular weight excluding hydrogens is 257 g/mol. The van der Waals surface area contributed by atoms with E-state index in [0.29, 0.717) is 0 Å². The summed E-state index contributed by atoms with van der Waals surface area (Å²) in [5, 5.41) is 10.8. The fraction of sp³-hybridized carbons (Fsp3) is 0. The van der Waals surface area contributed by atoms with E-state index < -0.39 is 22.3 Å². The molecule has 0 fully saturated rings. The van der Waals surface area contributed by atoms with Crippen molar-refractivity contribution in [2.24, 2.45) is 5.84 Å². The molecule has 0 amide bonds. The number of hydrogen-bond acceptors (Lipinski definition) is 7. The zero-order valence-electron chi connectivity index (χ0n) is 9.41. The maximum Gasteiger partial charge on any atom is 0.349 e. The molecule has 0 unspecified atom stereocenters. The number of nitrogens with one attached hydrogen (secondary N) is 1. The van der Waals surface area contributed by atoms with Gasteiger partial charge < -0.3 is 4.74 Å². The number of hydrazine groups is 1. The molecule has 0 atom stereocenters. The molecule has 19 heavy (non-hydrogen) atoms. The molecular formula is C10H8FN5O3. The van der Waals surface area contributed by atoms with Crippen molar-refractivity contribution in [2.45, 2.75) is 0 Å². The Balaban J connectivity index is 2.43. The van der Waals surface area contributed by atoms with Crippen molar-refractivity contribution in [3.63, 3.8) is 0 Å². The van der Waals surface area contributed by atoms with Crippen LogP contribution in [0.25, 0.3) is 0 Å². The molecule has 0 bridgehead atoms. The van der Waals surface area contributed by atoms with Crippen molar-refractivity contribution >= 4 is 11.6 Å². The number of para-hydroxylation sites is 1. The van der Waals surface area contributed by atoms with Gasteiger partial charge in [-0.15, -0.1) is 0 Å². The maximum atomic E-state index is 13.4. The predicted molar refractivity (Wildman–Crippen MR) is 63.0 cm³/mol. The Hall–Kier alpha value is -2.81. The number of hydrogen-bond donors (Lipinski definition) is 2. The van der Waals surface area contributed by atoms with E-state index in [9.17, 15) is 14.5 Å². The number of halogens is 1. The number of ether oxygens (including phenoxy) is 1. The Kier molecular flexibility index (Phi) is 3.48. The average molecular weight is 265 g/mol. The Morgan fingerprint density at radius 3 is 2.79 bits per heavy atom. The minimum Gasteiger partial charge on any atom is -0.430 e. The highest BCUT2D eigenvalue weighted by molar-refractivity contribution is 5.45. The smallest absolute Gasteiger partial charge is 0.349 e. The maximum absolute atomic E-state index is 13.4. The number of nitro groups is 1. The molecule has 9 heteroatoms. The van der Waals surface area contributed by atoms with Crippen molar-refractivity contribution < 1.29 is 14.1 Å². The van der Waals surface area contributed by atoms with E-state index in [1.807, 2.05) is 0 Å². The van der Waals surface area contributed by atoms with Crippen molar-refractivity contribution in [1.29, 1.82) is 0 Å². The van der Waals surface area contributed by atoms with E-state index in [4.69, 9.17) is 10.6 Å². The first-order valence-electron chi connectivity index (χ1n) is 5.02. The van der Waals surface area contributed by atoms with E-state index >= 15 is 0 Å². The molecule has 2 rings (SSSR count). The first-order chi connectivity index (χ1) is 9.11. The summed E-state index contributed by atoms with van der Waals surface area (Å²) >= 11 is 0. The van der Waals surface area contributed by atoms with Gasteiger partial charge in [-0.25, -0.2) is 15.2 Å². The summed E-state index contributed by atoms with van der Waals surface area (Å²) in [5.74, 6) is 3.75. The number of rotatable bonds is 4. The second-order valence-electron chi connectivity index (χ2n) is 3.32. The molecule has 0 aliphatic carbocycles. The van der Waals surface area contributed by atoms with Crippen LogP contribution < -0.4 is 16.0 Å². The van der Waals surface area contributed by atoms with Crippen LogP contribution in [0.4, 0.5) is 16.0 Å². The summed E-state index contributed by atoms with van der Waals surface area (Å²) < 4.78 is 18.5. The van der Waals surface area contributed by atoms with Gasteiger partial charge in [0.1, 0.15) is 6.20 Å². The number of benzene rings is 1. The lowest BCUT2D eigenvalue weighted by atomic mass is 10.3. The Labute approximate surface area is 106 Å². The van der Waals surface area contributed by atoms with Crippen molar-refractivity contribution in [2.75, 3.05) is 5.43 Å². The highest BCUT2D eigenvalue weighted by Crippen LogP contribution is 2.30. The van der Waals surface area contributed by atoms with Crippen molar-refractivity contribution in [3.05, 3.63) is 46.4 Å². The normalized spacial score (nSPS) is 10.0. The van der Waals surface area contributed by atoms with Gasteiger partial charge in [-0.05, 0) is 12.1 Å². The lowest BCUT2D eigenvalue weighted by Crippen LogP contribution is -2.11. The highest BCUT2D eigenvalue weighted by Gasteiger charge is 2.20. The van der Waals surface area contributed by atoms with Crippen molar-refractivity contribution in [1.82, 2.24) is 9.97 Å². The van der Waals surface area contributed by atoms with E-state index in [2.05, 4.69) is 15.4 Å². The SMILES string of the molecule is NNc1ncc([N+](=O)[O-])c(Oc2ccccc2F)n1. The third-order valence-corrected chi connectivity index (χ3v) is 2.10. The largest absolute Gasteiger partial charge is 0.430 e. The van der Waals surface area contributed by atoms with Crippen LogP contribution in [0.3, 0.4) is 0 Å². The number of anilines is 1. The number of aromatic nitrogens is 2. The van der Waals surface area contributed by atoms with Crippen LogP contribution in [0.5, 0.6) is 11.6 Å². The fourth-order valence-corrected chi connectivity index (χ4v) is 1.26. The quantitative estimate of drug-likeness (QED) is 0.490. The summed E-state index contributed by atoms with van der Waals surface area (Å²) in [7, 11) is 0. The summed E-state index contributed by atoms with van der Waals surface area (Å²) in [4.78, 5) is 17.3. The zero-order chi connectivity index (χ0) is 13.8. The summed E-state index contributed by atoms with van der Waals surface area (Å²) in [6.07, 6.45) is 0.915. The summed E-state index contributed by atoms with van der Waals surface area (Å²) in [5.41, 5.74) is 1.62. The topological polar surface area (TPSA) is 116 Å². The first kappa shape index (κ1) is 12.6. The number of nitrogen functional groups attached to an aromatic ring is 1. The lowest BCUT2D eigenvalue weighted by Gasteiger charge is -2.06. The molecule has 1 heterocycles. The summed E-state index contributed by atoms with van der Waals surface area (Å²) in [6.45, 7) is 0. The number of nitrogens with two attached hydrogens (primary N) is 1. The van der Waals surface area contributed by atoms with E-state index in [1.54, 1.807) is 0 Å². The Bertz CT molecular complexity index is 622. The van der Waals surface area contributed by atoms with E-state index in [0.717, 1.165) is 12.3 Å². The van der Waals surface area contributed by atoms with Gasteiger partial charge in [0.05, 0.1) is 4.92 Å². The van der Waals surface area contributed by atoms with Crippen LogP contribution in [0.1, 0.15) is 0 Å². The predicted octanol–water partition coefficient (Wildman–Crippen LogP) is 1.60.